The van der Waals surface area contributed by atoms with E-state index in [0.717, 1.165) is 0 Å². The summed E-state index contributed by atoms with van der Waals surface area (Å²) in [6.45, 7) is 10.5. The van der Waals surface area contributed by atoms with E-state index >= 15 is 0 Å². The third-order valence-corrected chi connectivity index (χ3v) is 30.2. The van der Waals surface area contributed by atoms with Crippen LogP contribution in [0.1, 0.15) is 54.5 Å². The molecule has 9 rings (SSSR count). The molecule has 2 unspecified atom stereocenters. The molecule has 0 spiro atoms. The standard InChI is InChI=1S/C30H26Si.2C7H7.Zr/c1-19-17-23-15-13-21-9-5-7-11-25(21)27(23)29(19)31(3,4)30-20(2)18-24-16-14-22-10-6-8-12-26(22)28(24)30;2*1-7-5-3-2-4-6-7;/h5-18H,1-4H3;2*2-6H,1H2;. The van der Waals surface area contributed by atoms with Crippen LogP contribution in [-0.4, -0.2) is 8.07 Å². The molecule has 6 aromatic carbocycles. The average Bonchev–Trinajstić information content (AvgIpc) is 3.58. The van der Waals surface area contributed by atoms with Crippen molar-refractivity contribution in [2.45, 2.75) is 42.5 Å². The topological polar surface area (TPSA) is 0 Å². The van der Waals surface area contributed by atoms with E-state index in [-0.39, 0.29) is 0 Å². The number of hydrogen-bond donors (Lipinski definition) is 0. The summed E-state index contributed by atoms with van der Waals surface area (Å²) in [5.74, 6) is 0. The van der Waals surface area contributed by atoms with Crippen molar-refractivity contribution in [3.05, 3.63) is 178 Å². The molecule has 0 radical (unpaired) electrons. The Morgan fingerprint density at radius 3 is 1.30 bits per heavy atom. The Hall–Kier alpha value is -3.58. The molecule has 2 aliphatic carbocycles. The van der Waals surface area contributed by atoms with Gasteiger partial charge in [-0.2, -0.15) is 0 Å². The predicted octanol–water partition coefficient (Wildman–Crippen LogP) is 11.7. The van der Waals surface area contributed by atoms with Crippen LogP contribution in [0.15, 0.2) is 145 Å². The second kappa shape index (κ2) is 10.5. The Balaban J connectivity index is 1.46. The van der Waals surface area contributed by atoms with Gasteiger partial charge in [-0.05, 0) is 0 Å². The van der Waals surface area contributed by atoms with Gasteiger partial charge in [-0.3, -0.25) is 0 Å². The second-order valence-corrected chi connectivity index (χ2v) is 29.6. The zero-order valence-electron chi connectivity index (χ0n) is 27.3. The van der Waals surface area contributed by atoms with Crippen LogP contribution in [0.4, 0.5) is 0 Å². The molecule has 0 saturated heterocycles. The zero-order valence-corrected chi connectivity index (χ0v) is 30.7. The van der Waals surface area contributed by atoms with Crippen LogP contribution in [0.5, 0.6) is 0 Å². The summed E-state index contributed by atoms with van der Waals surface area (Å²) in [5.41, 5.74) is 13.0. The fraction of sp³-hybridized carbons (Fsp3) is 0.182. The molecule has 2 atom stereocenters. The van der Waals surface area contributed by atoms with Crippen molar-refractivity contribution in [3.63, 3.8) is 0 Å². The van der Waals surface area contributed by atoms with Crippen molar-refractivity contribution in [3.8, 4) is 0 Å². The summed E-state index contributed by atoms with van der Waals surface area (Å²) in [6, 6.07) is 51.6. The fourth-order valence-corrected chi connectivity index (χ4v) is 32.8. The van der Waals surface area contributed by atoms with E-state index in [9.17, 15) is 0 Å². The average molecular weight is 688 g/mol. The SMILES string of the molecule is CC1=C2c3c(ccc4ccccc34)[CH]1[Zr]([CH2]c1ccccc1)([CH2]c1ccccc1)[CH]1C(C)=C(c3c1ccc1ccccc31)[Si]2(C)C. The van der Waals surface area contributed by atoms with E-state index < -0.39 is 28.3 Å². The van der Waals surface area contributed by atoms with Crippen LogP contribution in [0.2, 0.25) is 13.1 Å². The minimum atomic E-state index is -3.55. The van der Waals surface area contributed by atoms with Gasteiger partial charge in [-0.1, -0.05) is 0 Å². The summed E-state index contributed by atoms with van der Waals surface area (Å²) < 4.78 is 3.51. The monoisotopic (exact) mass is 686 g/mol. The molecule has 46 heavy (non-hydrogen) atoms. The summed E-state index contributed by atoms with van der Waals surface area (Å²) in [6.07, 6.45) is 0. The molecule has 3 aliphatic rings. The van der Waals surface area contributed by atoms with E-state index in [2.05, 4.69) is 160 Å². The molecule has 0 fully saturated rings. The Morgan fingerprint density at radius 1 is 0.478 bits per heavy atom. The van der Waals surface area contributed by atoms with Gasteiger partial charge in [0.2, 0.25) is 0 Å². The van der Waals surface area contributed by atoms with Crippen LogP contribution in [0, 0.1) is 0 Å². The van der Waals surface area contributed by atoms with Crippen LogP contribution in [-0.2, 0) is 28.5 Å². The third-order valence-electron chi connectivity index (χ3n) is 11.9. The summed E-state index contributed by atoms with van der Waals surface area (Å²) in [5, 5.41) is 9.16. The van der Waals surface area contributed by atoms with Gasteiger partial charge in [0.05, 0.1) is 0 Å². The van der Waals surface area contributed by atoms with Crippen LogP contribution >= 0.6 is 0 Å². The van der Waals surface area contributed by atoms with E-state index in [1.54, 1.807) is 43.8 Å². The van der Waals surface area contributed by atoms with E-state index in [1.807, 2.05) is 0 Å². The van der Waals surface area contributed by atoms with Gasteiger partial charge in [0.25, 0.3) is 0 Å². The summed E-state index contributed by atoms with van der Waals surface area (Å²) in [7, 11) is -2.17. The van der Waals surface area contributed by atoms with E-state index in [4.69, 9.17) is 0 Å². The van der Waals surface area contributed by atoms with Crippen molar-refractivity contribution < 1.29 is 20.3 Å². The Kier molecular flexibility index (Phi) is 6.51. The fourth-order valence-electron chi connectivity index (χ4n) is 10.6. The first-order chi connectivity index (χ1) is 22.4. The Morgan fingerprint density at radius 2 is 0.870 bits per heavy atom. The van der Waals surface area contributed by atoms with E-state index in [1.165, 1.54) is 40.9 Å². The van der Waals surface area contributed by atoms with Crippen molar-refractivity contribution >= 4 is 40.0 Å². The third kappa shape index (κ3) is 3.93. The molecule has 0 amide bonds. The van der Waals surface area contributed by atoms with Gasteiger partial charge in [0.1, 0.15) is 0 Å². The van der Waals surface area contributed by atoms with Gasteiger partial charge >= 0.3 is 281 Å². The predicted molar refractivity (Wildman–Crippen MR) is 196 cm³/mol. The van der Waals surface area contributed by atoms with Gasteiger partial charge in [0, 0.05) is 0 Å². The van der Waals surface area contributed by atoms with Gasteiger partial charge < -0.3 is 0 Å². The molecule has 4 bridgehead atoms. The molecule has 2 heteroatoms. The minimum absolute atomic E-state index is 0.523. The van der Waals surface area contributed by atoms with Crippen LogP contribution in [0.3, 0.4) is 0 Å². The van der Waals surface area contributed by atoms with E-state index in [0.29, 0.717) is 7.25 Å². The first-order valence-electron chi connectivity index (χ1n) is 16.9. The van der Waals surface area contributed by atoms with Crippen LogP contribution in [0.25, 0.3) is 31.9 Å². The van der Waals surface area contributed by atoms with Gasteiger partial charge in [0.15, 0.2) is 0 Å². The molecule has 6 aromatic rings. The molecule has 0 aromatic heterocycles. The maximum atomic E-state index is 2.68. The second-order valence-electron chi connectivity index (χ2n) is 14.7. The maximum absolute atomic E-state index is 3.55. The molecule has 0 nitrogen and oxygen atoms in total. The molecule has 0 N–H and O–H groups in total. The quantitative estimate of drug-likeness (QED) is 0.162. The molecule has 0 saturated carbocycles. The molecule has 1 aliphatic heterocycles. The summed E-state index contributed by atoms with van der Waals surface area (Å²) >= 11 is -3.55. The molecule has 224 valence electrons. The van der Waals surface area contributed by atoms with Gasteiger partial charge in [-0.25, -0.2) is 0 Å². The Labute approximate surface area is 278 Å². The van der Waals surface area contributed by atoms with Crippen molar-refractivity contribution in [2.24, 2.45) is 0 Å². The molecular weight excluding hydrogens is 648 g/mol. The number of allylic oxidation sites excluding steroid dienone is 2. The van der Waals surface area contributed by atoms with Crippen molar-refractivity contribution in [1.82, 2.24) is 0 Å². The number of fused-ring (bicyclic) bond motifs is 12. The van der Waals surface area contributed by atoms with Crippen molar-refractivity contribution in [2.75, 3.05) is 0 Å². The Bertz CT molecular complexity index is 2100. The summed E-state index contributed by atoms with van der Waals surface area (Å²) in [4.78, 5) is 0. The van der Waals surface area contributed by atoms with Crippen molar-refractivity contribution in [1.29, 1.82) is 0 Å². The number of rotatable bonds is 4. The normalized spacial score (nSPS) is 20.5. The molecule has 1 heterocycles. The number of benzene rings is 6. The number of hydrogen-bond acceptors (Lipinski definition) is 0. The molecular formula is C44H40SiZr. The van der Waals surface area contributed by atoms with Gasteiger partial charge in [-0.15, -0.1) is 0 Å². The first kappa shape index (κ1) is 28.6. The van der Waals surface area contributed by atoms with Crippen LogP contribution < -0.4 is 0 Å². The first-order valence-corrected chi connectivity index (χ1v) is 26.3. The zero-order chi connectivity index (χ0) is 31.2.